The molecule has 1 nitrogen and oxygen atoms in total. The summed E-state index contributed by atoms with van der Waals surface area (Å²) in [7, 11) is 0. The highest BCUT2D eigenvalue weighted by Crippen LogP contribution is 2.24. The van der Waals surface area contributed by atoms with Gasteiger partial charge in [-0.15, -0.1) is 0 Å². The Kier molecular flexibility index (Phi) is 3.02. The SMILES string of the molecule is C=C1CO[C@@H](/C(C)=C/c2ccccc2)C1. The lowest BCUT2D eigenvalue weighted by Crippen LogP contribution is -2.05. The lowest BCUT2D eigenvalue weighted by atomic mass is 10.0. The van der Waals surface area contributed by atoms with Crippen molar-refractivity contribution >= 4 is 6.08 Å². The van der Waals surface area contributed by atoms with Gasteiger partial charge in [-0.1, -0.05) is 43.0 Å². The first kappa shape index (κ1) is 10.2. The van der Waals surface area contributed by atoms with Gasteiger partial charge in [0.05, 0.1) is 12.7 Å². The smallest absolute Gasteiger partial charge is 0.0827 e. The summed E-state index contributed by atoms with van der Waals surface area (Å²) in [5.41, 5.74) is 3.71. The second-order valence-electron chi connectivity index (χ2n) is 4.05. The normalized spacial score (nSPS) is 22.1. The van der Waals surface area contributed by atoms with Gasteiger partial charge in [-0.25, -0.2) is 0 Å². The maximum absolute atomic E-state index is 5.63. The van der Waals surface area contributed by atoms with E-state index in [1.807, 2.05) is 18.2 Å². The molecule has 0 N–H and O–H groups in total. The van der Waals surface area contributed by atoms with Crippen molar-refractivity contribution in [1.29, 1.82) is 0 Å². The molecule has 1 fully saturated rings. The Balaban J connectivity index is 2.11. The van der Waals surface area contributed by atoms with Crippen LogP contribution in [0.15, 0.2) is 48.1 Å². The summed E-state index contributed by atoms with van der Waals surface area (Å²) in [6.45, 7) is 6.78. The van der Waals surface area contributed by atoms with Gasteiger partial charge in [0.15, 0.2) is 0 Å². The fourth-order valence-electron chi connectivity index (χ4n) is 1.80. The zero-order valence-electron chi connectivity index (χ0n) is 9.07. The second-order valence-corrected chi connectivity index (χ2v) is 4.05. The molecule has 1 aromatic carbocycles. The van der Waals surface area contributed by atoms with E-state index < -0.39 is 0 Å². The van der Waals surface area contributed by atoms with Crippen LogP contribution in [0.5, 0.6) is 0 Å². The van der Waals surface area contributed by atoms with Crippen LogP contribution in [0.2, 0.25) is 0 Å². The van der Waals surface area contributed by atoms with Gasteiger partial charge < -0.3 is 4.74 Å². The highest BCUT2D eigenvalue weighted by atomic mass is 16.5. The molecule has 0 aliphatic carbocycles. The summed E-state index contributed by atoms with van der Waals surface area (Å²) in [4.78, 5) is 0. The summed E-state index contributed by atoms with van der Waals surface area (Å²) in [6, 6.07) is 10.3. The Morgan fingerprint density at radius 1 is 1.40 bits per heavy atom. The Morgan fingerprint density at radius 2 is 2.13 bits per heavy atom. The van der Waals surface area contributed by atoms with E-state index >= 15 is 0 Å². The van der Waals surface area contributed by atoms with E-state index in [9.17, 15) is 0 Å². The van der Waals surface area contributed by atoms with Gasteiger partial charge in [-0.3, -0.25) is 0 Å². The molecule has 1 aliphatic rings. The number of benzene rings is 1. The molecule has 1 aliphatic heterocycles. The highest BCUT2D eigenvalue weighted by Gasteiger charge is 2.19. The van der Waals surface area contributed by atoms with Crippen molar-refractivity contribution in [1.82, 2.24) is 0 Å². The van der Waals surface area contributed by atoms with E-state index in [1.165, 1.54) is 16.7 Å². The predicted octanol–water partition coefficient (Wildman–Crippen LogP) is 3.44. The zero-order valence-corrected chi connectivity index (χ0v) is 9.07. The summed E-state index contributed by atoms with van der Waals surface area (Å²) >= 11 is 0. The molecule has 1 heteroatoms. The molecular formula is C14H16O. The summed E-state index contributed by atoms with van der Waals surface area (Å²) < 4.78 is 5.63. The van der Waals surface area contributed by atoms with E-state index in [0.29, 0.717) is 6.61 Å². The average molecular weight is 200 g/mol. The van der Waals surface area contributed by atoms with Gasteiger partial charge >= 0.3 is 0 Å². The van der Waals surface area contributed by atoms with Crippen LogP contribution in [0.25, 0.3) is 6.08 Å². The van der Waals surface area contributed by atoms with E-state index in [-0.39, 0.29) is 6.10 Å². The number of ether oxygens (including phenoxy) is 1. The van der Waals surface area contributed by atoms with Gasteiger partial charge in [0.1, 0.15) is 0 Å². The van der Waals surface area contributed by atoms with Crippen LogP contribution in [0.3, 0.4) is 0 Å². The van der Waals surface area contributed by atoms with Crippen molar-refractivity contribution in [3.63, 3.8) is 0 Å². The number of rotatable bonds is 2. The first-order valence-corrected chi connectivity index (χ1v) is 5.27. The van der Waals surface area contributed by atoms with Crippen LogP contribution in [-0.4, -0.2) is 12.7 Å². The van der Waals surface area contributed by atoms with Crippen LogP contribution in [0.4, 0.5) is 0 Å². The minimum Gasteiger partial charge on any atom is -0.369 e. The van der Waals surface area contributed by atoms with Gasteiger partial charge in [-0.2, -0.15) is 0 Å². The molecule has 0 amide bonds. The molecule has 1 aromatic rings. The van der Waals surface area contributed by atoms with Crippen LogP contribution >= 0.6 is 0 Å². The summed E-state index contributed by atoms with van der Waals surface area (Å²) in [5.74, 6) is 0. The second kappa shape index (κ2) is 4.45. The van der Waals surface area contributed by atoms with Crippen LogP contribution in [0, 0.1) is 0 Å². The van der Waals surface area contributed by atoms with Gasteiger partial charge in [0.2, 0.25) is 0 Å². The summed E-state index contributed by atoms with van der Waals surface area (Å²) in [5, 5.41) is 0. The topological polar surface area (TPSA) is 9.23 Å². The van der Waals surface area contributed by atoms with E-state index in [0.717, 1.165) is 6.42 Å². The lowest BCUT2D eigenvalue weighted by Gasteiger charge is -2.09. The molecule has 78 valence electrons. The molecule has 0 bridgehead atoms. The lowest BCUT2D eigenvalue weighted by molar-refractivity contribution is 0.141. The molecule has 0 radical (unpaired) electrons. The fraction of sp³-hybridized carbons (Fsp3) is 0.286. The van der Waals surface area contributed by atoms with Crippen molar-refractivity contribution in [3.8, 4) is 0 Å². The maximum Gasteiger partial charge on any atom is 0.0827 e. The Labute approximate surface area is 91.1 Å². The number of hydrogen-bond donors (Lipinski definition) is 0. The monoisotopic (exact) mass is 200 g/mol. The first-order chi connectivity index (χ1) is 7.25. The quantitative estimate of drug-likeness (QED) is 0.664. The maximum atomic E-state index is 5.63. The predicted molar refractivity (Wildman–Crippen MR) is 63.6 cm³/mol. The van der Waals surface area contributed by atoms with E-state index in [4.69, 9.17) is 4.74 Å². The third kappa shape index (κ3) is 2.57. The first-order valence-electron chi connectivity index (χ1n) is 5.27. The van der Waals surface area contributed by atoms with E-state index in [2.05, 4.69) is 31.7 Å². The molecule has 0 saturated carbocycles. The molecule has 1 saturated heterocycles. The molecule has 0 aromatic heterocycles. The van der Waals surface area contributed by atoms with Gasteiger partial charge in [0, 0.05) is 6.42 Å². The van der Waals surface area contributed by atoms with Crippen LogP contribution in [-0.2, 0) is 4.74 Å². The molecular weight excluding hydrogens is 184 g/mol. The van der Waals surface area contributed by atoms with Crippen molar-refractivity contribution in [3.05, 3.63) is 53.6 Å². The van der Waals surface area contributed by atoms with Crippen LogP contribution < -0.4 is 0 Å². The van der Waals surface area contributed by atoms with Gasteiger partial charge in [0.25, 0.3) is 0 Å². The molecule has 0 unspecified atom stereocenters. The third-order valence-corrected chi connectivity index (χ3v) is 2.66. The molecule has 1 heterocycles. The Hall–Kier alpha value is -1.34. The molecule has 2 rings (SSSR count). The molecule has 1 atom stereocenters. The summed E-state index contributed by atoms with van der Waals surface area (Å²) in [6.07, 6.45) is 3.39. The Bertz CT molecular complexity index is 376. The van der Waals surface area contributed by atoms with Crippen LogP contribution in [0.1, 0.15) is 18.9 Å². The minimum atomic E-state index is 0.234. The van der Waals surface area contributed by atoms with Crippen molar-refractivity contribution in [2.75, 3.05) is 6.61 Å². The standard InChI is InChI=1S/C14H16O/c1-11-8-14(15-10-11)12(2)9-13-6-4-3-5-7-13/h3-7,9,14H,1,8,10H2,2H3/b12-9+/t14-/m1/s1. The third-order valence-electron chi connectivity index (χ3n) is 2.66. The van der Waals surface area contributed by atoms with Crippen molar-refractivity contribution in [2.45, 2.75) is 19.4 Å². The van der Waals surface area contributed by atoms with Gasteiger partial charge in [-0.05, 0) is 23.6 Å². The largest absolute Gasteiger partial charge is 0.369 e. The van der Waals surface area contributed by atoms with Crippen molar-refractivity contribution in [2.24, 2.45) is 0 Å². The Morgan fingerprint density at radius 3 is 2.73 bits per heavy atom. The average Bonchev–Trinajstić information content (AvgIpc) is 2.66. The molecule has 15 heavy (non-hydrogen) atoms. The van der Waals surface area contributed by atoms with Crippen molar-refractivity contribution < 1.29 is 4.74 Å². The van der Waals surface area contributed by atoms with E-state index in [1.54, 1.807) is 0 Å². The fourth-order valence-corrected chi connectivity index (χ4v) is 1.80. The zero-order chi connectivity index (χ0) is 10.7. The number of hydrogen-bond acceptors (Lipinski definition) is 1. The molecule has 0 spiro atoms. The highest BCUT2D eigenvalue weighted by molar-refractivity contribution is 5.53. The minimum absolute atomic E-state index is 0.234.